The van der Waals surface area contributed by atoms with E-state index in [9.17, 15) is 13.2 Å². The topological polar surface area (TPSA) is 81.2 Å². The quantitative estimate of drug-likeness (QED) is 0.645. The Kier molecular flexibility index (Phi) is 5.48. The predicted octanol–water partition coefficient (Wildman–Crippen LogP) is 4.39. The maximum Gasteiger partial charge on any atom is 0.416 e. The van der Waals surface area contributed by atoms with Gasteiger partial charge in [0.1, 0.15) is 11.5 Å². The Morgan fingerprint density at radius 3 is 2.50 bits per heavy atom. The number of nitrogens with zero attached hydrogens (tertiary/aromatic N) is 3. The average molecular weight is 391 g/mol. The summed E-state index contributed by atoms with van der Waals surface area (Å²) >= 11 is 0. The summed E-state index contributed by atoms with van der Waals surface area (Å²) in [7, 11) is 3.04. The molecule has 0 atom stereocenters. The molecule has 0 saturated heterocycles. The number of rotatable bonds is 6. The number of aromatic nitrogens is 3. The van der Waals surface area contributed by atoms with Crippen molar-refractivity contribution in [1.29, 1.82) is 0 Å². The summed E-state index contributed by atoms with van der Waals surface area (Å²) in [5.74, 6) is 1.48. The van der Waals surface area contributed by atoms with Crippen molar-refractivity contribution in [3.05, 3.63) is 54.2 Å². The highest BCUT2D eigenvalue weighted by Crippen LogP contribution is 2.32. The van der Waals surface area contributed by atoms with Gasteiger partial charge in [-0.2, -0.15) is 23.3 Å². The summed E-state index contributed by atoms with van der Waals surface area (Å²) in [4.78, 5) is 4.21. The molecule has 0 aliphatic carbocycles. The van der Waals surface area contributed by atoms with Crippen LogP contribution in [0.1, 0.15) is 5.56 Å². The van der Waals surface area contributed by atoms with Gasteiger partial charge in [0, 0.05) is 11.8 Å². The molecule has 0 fully saturated rings. The summed E-state index contributed by atoms with van der Waals surface area (Å²) < 4.78 is 49.0. The lowest BCUT2D eigenvalue weighted by Crippen LogP contribution is -2.06. The van der Waals surface area contributed by atoms with E-state index in [2.05, 4.69) is 25.8 Å². The number of benzene rings is 2. The first-order valence-corrected chi connectivity index (χ1v) is 8.02. The van der Waals surface area contributed by atoms with Gasteiger partial charge in [0.05, 0.1) is 31.7 Å². The number of ether oxygens (including phenoxy) is 2. The van der Waals surface area contributed by atoms with Crippen molar-refractivity contribution >= 4 is 23.1 Å². The summed E-state index contributed by atoms with van der Waals surface area (Å²) in [6.07, 6.45) is -3.13. The largest absolute Gasteiger partial charge is 0.497 e. The first-order chi connectivity index (χ1) is 13.4. The summed E-state index contributed by atoms with van der Waals surface area (Å²) in [5.41, 5.74) is 0.0328. The van der Waals surface area contributed by atoms with Crippen molar-refractivity contribution in [1.82, 2.24) is 15.2 Å². The number of nitrogens with one attached hydrogen (secondary N) is 2. The Bertz CT molecular complexity index is 966. The van der Waals surface area contributed by atoms with Crippen molar-refractivity contribution < 1.29 is 22.6 Å². The summed E-state index contributed by atoms with van der Waals surface area (Å²) in [5, 5.41) is 13.4. The third kappa shape index (κ3) is 4.58. The number of anilines is 4. The van der Waals surface area contributed by atoms with E-state index >= 15 is 0 Å². The highest BCUT2D eigenvalue weighted by atomic mass is 19.4. The zero-order valence-electron chi connectivity index (χ0n) is 14.9. The Morgan fingerprint density at radius 2 is 1.79 bits per heavy atom. The van der Waals surface area contributed by atoms with Crippen LogP contribution in [-0.4, -0.2) is 29.4 Å². The fourth-order valence-electron chi connectivity index (χ4n) is 2.36. The van der Waals surface area contributed by atoms with E-state index in [1.54, 1.807) is 18.2 Å². The number of halogens is 3. The molecule has 1 aromatic heterocycles. The van der Waals surface area contributed by atoms with E-state index in [0.29, 0.717) is 17.2 Å². The first-order valence-electron chi connectivity index (χ1n) is 8.02. The molecule has 28 heavy (non-hydrogen) atoms. The number of hydrogen-bond donors (Lipinski definition) is 2. The van der Waals surface area contributed by atoms with Gasteiger partial charge in [0.25, 0.3) is 0 Å². The molecule has 0 bridgehead atoms. The molecule has 2 aromatic carbocycles. The van der Waals surface area contributed by atoms with Crippen molar-refractivity contribution in [2.45, 2.75) is 6.18 Å². The minimum absolute atomic E-state index is 0.139. The molecule has 0 amide bonds. The molecule has 0 spiro atoms. The first kappa shape index (κ1) is 19.2. The Labute approximate surface area is 158 Å². The standard InChI is InChI=1S/C18H16F3N5O2/c1-27-13-6-7-14(15(9-13)28-2)24-17-25-16(10-22-26-17)23-12-5-3-4-11(8-12)18(19,20)21/h3-10H,1-2H3,(H2,23,24,25,26). The molecule has 0 aliphatic rings. The smallest absolute Gasteiger partial charge is 0.416 e. The van der Waals surface area contributed by atoms with Gasteiger partial charge in [-0.05, 0) is 30.3 Å². The molecule has 1 heterocycles. The molecule has 10 heteroatoms. The lowest BCUT2D eigenvalue weighted by Gasteiger charge is -2.12. The second-order valence-electron chi connectivity index (χ2n) is 5.56. The molecule has 0 radical (unpaired) electrons. The molecular formula is C18H16F3N5O2. The van der Waals surface area contributed by atoms with Crippen molar-refractivity contribution in [2.24, 2.45) is 0 Å². The van der Waals surface area contributed by atoms with Gasteiger partial charge >= 0.3 is 6.18 Å². The van der Waals surface area contributed by atoms with E-state index in [-0.39, 0.29) is 17.5 Å². The molecule has 3 rings (SSSR count). The fraction of sp³-hybridized carbons (Fsp3) is 0.167. The Balaban J connectivity index is 1.80. The van der Waals surface area contributed by atoms with Gasteiger partial charge < -0.3 is 20.1 Å². The van der Waals surface area contributed by atoms with Crippen LogP contribution in [0, 0.1) is 0 Å². The SMILES string of the molecule is COc1ccc(Nc2nncc(Nc3cccc(C(F)(F)F)c3)n2)c(OC)c1. The highest BCUT2D eigenvalue weighted by molar-refractivity contribution is 5.65. The van der Waals surface area contributed by atoms with Crippen LogP contribution in [-0.2, 0) is 6.18 Å². The van der Waals surface area contributed by atoms with Crippen LogP contribution >= 0.6 is 0 Å². The molecule has 3 aromatic rings. The lowest BCUT2D eigenvalue weighted by atomic mass is 10.2. The molecule has 0 saturated carbocycles. The second-order valence-corrected chi connectivity index (χ2v) is 5.56. The Hall–Kier alpha value is -3.56. The van der Waals surface area contributed by atoms with Crippen LogP contribution in [0.4, 0.5) is 36.3 Å². The molecule has 0 unspecified atom stereocenters. The van der Waals surface area contributed by atoms with Crippen molar-refractivity contribution in [3.8, 4) is 11.5 Å². The average Bonchev–Trinajstić information content (AvgIpc) is 2.68. The third-order valence-corrected chi connectivity index (χ3v) is 3.68. The van der Waals surface area contributed by atoms with Crippen LogP contribution in [0.15, 0.2) is 48.7 Å². The van der Waals surface area contributed by atoms with Gasteiger partial charge in [-0.3, -0.25) is 0 Å². The van der Waals surface area contributed by atoms with Crippen molar-refractivity contribution in [2.75, 3.05) is 24.9 Å². The Morgan fingerprint density at radius 1 is 0.964 bits per heavy atom. The minimum Gasteiger partial charge on any atom is -0.497 e. The van der Waals surface area contributed by atoms with E-state index in [4.69, 9.17) is 9.47 Å². The van der Waals surface area contributed by atoms with E-state index in [1.807, 2.05) is 0 Å². The third-order valence-electron chi connectivity index (χ3n) is 3.68. The number of hydrogen-bond acceptors (Lipinski definition) is 7. The zero-order chi connectivity index (χ0) is 20.1. The van der Waals surface area contributed by atoms with E-state index in [0.717, 1.165) is 12.1 Å². The fourth-order valence-corrected chi connectivity index (χ4v) is 2.36. The van der Waals surface area contributed by atoms with Gasteiger partial charge in [0.15, 0.2) is 5.82 Å². The lowest BCUT2D eigenvalue weighted by molar-refractivity contribution is -0.137. The maximum atomic E-state index is 12.8. The van der Waals surface area contributed by atoms with Crippen LogP contribution in [0.5, 0.6) is 11.5 Å². The van der Waals surface area contributed by atoms with E-state index in [1.165, 1.54) is 32.5 Å². The summed E-state index contributed by atoms with van der Waals surface area (Å²) in [6.45, 7) is 0. The minimum atomic E-state index is -4.43. The number of methoxy groups -OCH3 is 2. The number of alkyl halides is 3. The van der Waals surface area contributed by atoms with E-state index < -0.39 is 11.7 Å². The van der Waals surface area contributed by atoms with Crippen LogP contribution < -0.4 is 20.1 Å². The monoisotopic (exact) mass is 391 g/mol. The molecule has 0 aliphatic heterocycles. The second kappa shape index (κ2) is 7.99. The van der Waals surface area contributed by atoms with Crippen LogP contribution in [0.25, 0.3) is 0 Å². The molecule has 2 N–H and O–H groups in total. The summed E-state index contributed by atoms with van der Waals surface area (Å²) in [6, 6.07) is 9.91. The molecule has 146 valence electrons. The van der Waals surface area contributed by atoms with Gasteiger partial charge in [-0.15, -0.1) is 5.10 Å². The highest BCUT2D eigenvalue weighted by Gasteiger charge is 2.30. The van der Waals surface area contributed by atoms with Crippen molar-refractivity contribution in [3.63, 3.8) is 0 Å². The van der Waals surface area contributed by atoms with Crippen LogP contribution in [0.3, 0.4) is 0 Å². The molecule has 7 nitrogen and oxygen atoms in total. The normalized spacial score (nSPS) is 11.0. The van der Waals surface area contributed by atoms with Crippen LogP contribution in [0.2, 0.25) is 0 Å². The maximum absolute atomic E-state index is 12.8. The molecular weight excluding hydrogens is 375 g/mol. The van der Waals surface area contributed by atoms with Gasteiger partial charge in [-0.25, -0.2) is 0 Å². The zero-order valence-corrected chi connectivity index (χ0v) is 14.9. The predicted molar refractivity (Wildman–Crippen MR) is 97.4 cm³/mol. The van der Waals surface area contributed by atoms with Gasteiger partial charge in [0.2, 0.25) is 5.95 Å². The van der Waals surface area contributed by atoms with Gasteiger partial charge in [-0.1, -0.05) is 6.07 Å².